The lowest BCUT2D eigenvalue weighted by Crippen LogP contribution is -2.48. The molecule has 0 radical (unpaired) electrons. The Morgan fingerprint density at radius 2 is 1.84 bits per heavy atom. The van der Waals surface area contributed by atoms with Crippen molar-refractivity contribution in [2.45, 2.75) is 45.8 Å². The van der Waals surface area contributed by atoms with Gasteiger partial charge >= 0.3 is 7.67 Å². The van der Waals surface area contributed by atoms with Gasteiger partial charge in [-0.25, -0.2) is 9.76 Å². The molecule has 0 aromatic rings. The number of halogens is 2. The van der Waals surface area contributed by atoms with E-state index in [1.165, 1.54) is 0 Å². The van der Waals surface area contributed by atoms with Crippen molar-refractivity contribution >= 4 is 30.9 Å². The Kier molecular flexibility index (Phi) is 7.67. The van der Waals surface area contributed by atoms with Crippen molar-refractivity contribution in [3.8, 4) is 0 Å². The number of alkyl halides is 2. The van der Waals surface area contributed by atoms with Crippen molar-refractivity contribution in [3.05, 3.63) is 0 Å². The van der Waals surface area contributed by atoms with Gasteiger partial charge in [0.2, 0.25) is 0 Å². The minimum absolute atomic E-state index is 0.0280. The predicted octanol–water partition coefficient (Wildman–Crippen LogP) is 3.69. The van der Waals surface area contributed by atoms with Crippen LogP contribution in [0.2, 0.25) is 0 Å². The van der Waals surface area contributed by atoms with Crippen molar-refractivity contribution < 1.29 is 9.09 Å². The fourth-order valence-corrected chi connectivity index (χ4v) is 5.47. The molecule has 1 heterocycles. The first-order chi connectivity index (χ1) is 8.98. The average Bonchev–Trinajstić information content (AvgIpc) is 2.35. The molecule has 4 nitrogen and oxygen atoms in total. The summed E-state index contributed by atoms with van der Waals surface area (Å²) in [6, 6.07) is 0.157. The smallest absolute Gasteiger partial charge is 0.302 e. The molecule has 0 saturated carbocycles. The largest absolute Gasteiger partial charge is 0.344 e. The van der Waals surface area contributed by atoms with Gasteiger partial charge in [-0.1, -0.05) is 20.3 Å². The topological polar surface area (TPSA) is 41.6 Å². The Hall–Kier alpha value is 0.690. The van der Waals surface area contributed by atoms with Crippen LogP contribution in [0.3, 0.4) is 0 Å². The van der Waals surface area contributed by atoms with E-state index in [0.29, 0.717) is 30.8 Å². The lowest BCUT2D eigenvalue weighted by molar-refractivity contribution is 0.0748. The van der Waals surface area contributed by atoms with Gasteiger partial charge in [-0.2, -0.15) is 0 Å². The van der Waals surface area contributed by atoms with Gasteiger partial charge in [0.25, 0.3) is 0 Å². The van der Waals surface area contributed by atoms with Crippen LogP contribution in [0.5, 0.6) is 0 Å². The van der Waals surface area contributed by atoms with Crippen LogP contribution in [0.4, 0.5) is 0 Å². The number of nitrogens with zero attached hydrogens (tertiary/aromatic N) is 1. The molecule has 0 aromatic heterocycles. The zero-order valence-electron chi connectivity index (χ0n) is 11.9. The molecule has 1 N–H and O–H groups in total. The van der Waals surface area contributed by atoms with Gasteiger partial charge in [0.1, 0.15) is 0 Å². The van der Waals surface area contributed by atoms with E-state index in [-0.39, 0.29) is 12.1 Å². The summed E-state index contributed by atoms with van der Waals surface area (Å²) >= 11 is 11.6. The highest BCUT2D eigenvalue weighted by Gasteiger charge is 2.43. The highest BCUT2D eigenvalue weighted by atomic mass is 35.5. The zero-order valence-corrected chi connectivity index (χ0v) is 14.3. The Bertz CT molecular complexity index is 314. The van der Waals surface area contributed by atoms with Crippen LogP contribution in [0.15, 0.2) is 0 Å². The molecule has 0 bridgehead atoms. The minimum atomic E-state index is -3.02. The van der Waals surface area contributed by atoms with Crippen LogP contribution < -0.4 is 5.09 Å². The van der Waals surface area contributed by atoms with Gasteiger partial charge in [0.15, 0.2) is 0 Å². The number of hydrogen-bond donors (Lipinski definition) is 1. The molecular weight excluding hydrogens is 306 g/mol. The van der Waals surface area contributed by atoms with E-state index in [4.69, 9.17) is 27.7 Å². The Morgan fingerprint density at radius 3 is 2.32 bits per heavy atom. The number of rotatable bonds is 7. The summed E-state index contributed by atoms with van der Waals surface area (Å²) in [5, 5.41) is 3.14. The first kappa shape index (κ1) is 17.7. The molecule has 0 aliphatic carbocycles. The fraction of sp³-hybridized carbons (Fsp3) is 1.00. The Balaban J connectivity index is 2.86. The van der Waals surface area contributed by atoms with E-state index in [0.717, 1.165) is 12.8 Å². The van der Waals surface area contributed by atoms with Crippen LogP contribution in [0.1, 0.15) is 33.6 Å². The zero-order chi connectivity index (χ0) is 14.5. The third-order valence-electron chi connectivity index (χ3n) is 3.65. The van der Waals surface area contributed by atoms with E-state index >= 15 is 0 Å². The predicted molar refractivity (Wildman–Crippen MR) is 82.2 cm³/mol. The molecule has 0 aromatic carbocycles. The van der Waals surface area contributed by atoms with Gasteiger partial charge in [-0.15, -0.1) is 23.2 Å². The summed E-state index contributed by atoms with van der Waals surface area (Å²) in [4.78, 5) is 0. The lowest BCUT2D eigenvalue weighted by Gasteiger charge is -2.43. The summed E-state index contributed by atoms with van der Waals surface area (Å²) in [6.45, 7) is 7.33. The molecule has 4 unspecified atom stereocenters. The SMILES string of the molecule is CCCC1OP(=O)(N(CCCl)CCCl)NC(C)C1C. The average molecular weight is 331 g/mol. The lowest BCUT2D eigenvalue weighted by atomic mass is 9.95. The third-order valence-corrected chi connectivity index (χ3v) is 6.42. The fourth-order valence-electron chi connectivity index (χ4n) is 2.33. The Morgan fingerprint density at radius 1 is 1.26 bits per heavy atom. The second kappa shape index (κ2) is 8.21. The molecule has 1 saturated heterocycles. The molecule has 7 heteroatoms. The molecule has 4 atom stereocenters. The van der Waals surface area contributed by atoms with Gasteiger partial charge in [-0.3, -0.25) is 4.57 Å². The highest BCUT2D eigenvalue weighted by Crippen LogP contribution is 2.53. The van der Waals surface area contributed by atoms with Crippen molar-refractivity contribution in [2.24, 2.45) is 5.92 Å². The van der Waals surface area contributed by atoms with E-state index in [2.05, 4.69) is 25.9 Å². The molecular formula is C12H25Cl2N2O2P. The molecule has 1 aliphatic rings. The Labute approximate surface area is 126 Å². The van der Waals surface area contributed by atoms with E-state index in [9.17, 15) is 4.57 Å². The van der Waals surface area contributed by atoms with Gasteiger partial charge in [0.05, 0.1) is 6.10 Å². The van der Waals surface area contributed by atoms with Crippen LogP contribution >= 0.6 is 30.9 Å². The van der Waals surface area contributed by atoms with Crippen molar-refractivity contribution in [1.82, 2.24) is 9.76 Å². The van der Waals surface area contributed by atoms with Crippen molar-refractivity contribution in [2.75, 3.05) is 24.8 Å². The molecule has 1 aliphatic heterocycles. The molecule has 19 heavy (non-hydrogen) atoms. The molecule has 0 amide bonds. The monoisotopic (exact) mass is 330 g/mol. The summed E-state index contributed by atoms with van der Waals surface area (Å²) in [6.07, 6.45) is 1.97. The van der Waals surface area contributed by atoms with Gasteiger partial charge in [-0.05, 0) is 19.3 Å². The van der Waals surface area contributed by atoms with E-state index < -0.39 is 7.67 Å². The maximum atomic E-state index is 13.0. The minimum Gasteiger partial charge on any atom is -0.302 e. The maximum Gasteiger partial charge on any atom is 0.344 e. The van der Waals surface area contributed by atoms with Crippen LogP contribution in [-0.2, 0) is 9.09 Å². The molecule has 1 fully saturated rings. The maximum absolute atomic E-state index is 13.0. The van der Waals surface area contributed by atoms with Gasteiger partial charge in [0, 0.05) is 30.9 Å². The summed E-state index contributed by atoms with van der Waals surface area (Å²) in [5.41, 5.74) is 0. The molecule has 1 rings (SSSR count). The first-order valence-electron chi connectivity index (χ1n) is 6.92. The first-order valence-corrected chi connectivity index (χ1v) is 9.56. The van der Waals surface area contributed by atoms with Crippen LogP contribution in [-0.4, -0.2) is 41.7 Å². The quantitative estimate of drug-likeness (QED) is 0.571. The van der Waals surface area contributed by atoms with Crippen LogP contribution in [0.25, 0.3) is 0 Å². The second-order valence-corrected chi connectivity index (χ2v) is 7.89. The summed E-state index contributed by atoms with van der Waals surface area (Å²) < 4.78 is 20.7. The van der Waals surface area contributed by atoms with Crippen molar-refractivity contribution in [3.63, 3.8) is 0 Å². The summed E-state index contributed by atoms with van der Waals surface area (Å²) in [5.74, 6) is 1.17. The van der Waals surface area contributed by atoms with E-state index in [1.54, 1.807) is 4.67 Å². The van der Waals surface area contributed by atoms with Crippen LogP contribution in [0, 0.1) is 5.92 Å². The normalized spacial score (nSPS) is 35.8. The molecule has 0 spiro atoms. The summed E-state index contributed by atoms with van der Waals surface area (Å²) in [7, 11) is -3.02. The second-order valence-electron chi connectivity index (χ2n) is 5.06. The van der Waals surface area contributed by atoms with Crippen molar-refractivity contribution in [1.29, 1.82) is 0 Å². The van der Waals surface area contributed by atoms with E-state index in [1.807, 2.05) is 0 Å². The third kappa shape index (κ3) is 4.59. The number of hydrogen-bond acceptors (Lipinski definition) is 2. The van der Waals surface area contributed by atoms with Gasteiger partial charge < -0.3 is 4.52 Å². The highest BCUT2D eigenvalue weighted by molar-refractivity contribution is 7.54. The standard InChI is InChI=1S/C12H25Cl2N2O2P/c1-4-5-12-10(2)11(3)15-19(17,18-12)16(8-6-13)9-7-14/h10-12H,4-9H2,1-3H3,(H,15,17). The molecule has 114 valence electrons. The number of nitrogens with one attached hydrogen (secondary N) is 1.